The van der Waals surface area contributed by atoms with Gasteiger partial charge in [0.05, 0.1) is 5.54 Å². The zero-order valence-corrected chi connectivity index (χ0v) is 13.0. The molecule has 0 aromatic carbocycles. The molecule has 2 N–H and O–H groups in total. The molecule has 19 heavy (non-hydrogen) atoms. The lowest BCUT2D eigenvalue weighted by molar-refractivity contribution is -0.139. The van der Waals surface area contributed by atoms with E-state index in [1.54, 1.807) is 0 Å². The molecule has 0 aromatic heterocycles. The summed E-state index contributed by atoms with van der Waals surface area (Å²) in [6, 6.07) is 0.609. The lowest BCUT2D eigenvalue weighted by Gasteiger charge is -2.40. The van der Waals surface area contributed by atoms with Crippen molar-refractivity contribution in [2.24, 2.45) is 5.73 Å². The lowest BCUT2D eigenvalue weighted by atomic mass is 9.96. The molecule has 112 valence electrons. The Labute approximate surface area is 127 Å². The number of amides is 1. The van der Waals surface area contributed by atoms with Gasteiger partial charge in [0.1, 0.15) is 0 Å². The Morgan fingerprint density at radius 1 is 1.05 bits per heavy atom. The lowest BCUT2D eigenvalue weighted by Crippen LogP contribution is -2.60. The molecule has 1 unspecified atom stereocenters. The second-order valence-corrected chi connectivity index (χ2v) is 5.95. The summed E-state index contributed by atoms with van der Waals surface area (Å²) in [5.74, 6) is 0.224. The fourth-order valence-electron chi connectivity index (χ4n) is 3.71. The predicted molar refractivity (Wildman–Crippen MR) is 81.1 cm³/mol. The smallest absolute Gasteiger partial charge is 0.242 e. The zero-order chi connectivity index (χ0) is 11.9. The first-order valence-corrected chi connectivity index (χ1v) is 7.01. The van der Waals surface area contributed by atoms with Gasteiger partial charge in [0, 0.05) is 25.7 Å². The molecule has 1 saturated carbocycles. The number of nitrogens with two attached hydrogens (primary N) is 1. The average molecular weight is 310 g/mol. The molecule has 1 amide bonds. The van der Waals surface area contributed by atoms with Crippen molar-refractivity contribution >= 4 is 30.7 Å². The topological polar surface area (TPSA) is 49.6 Å². The largest absolute Gasteiger partial charge is 0.338 e. The summed E-state index contributed by atoms with van der Waals surface area (Å²) in [7, 11) is 0. The molecule has 0 radical (unpaired) electrons. The molecule has 1 atom stereocenters. The Kier molecular flexibility index (Phi) is 5.93. The number of rotatable bonds is 1. The molecule has 0 aromatic rings. The summed E-state index contributed by atoms with van der Waals surface area (Å²) in [5.41, 5.74) is 5.74. The van der Waals surface area contributed by atoms with E-state index in [0.717, 1.165) is 45.3 Å². The van der Waals surface area contributed by atoms with Gasteiger partial charge in [-0.2, -0.15) is 0 Å². The van der Waals surface area contributed by atoms with Crippen LogP contribution < -0.4 is 5.73 Å². The summed E-state index contributed by atoms with van der Waals surface area (Å²) in [5, 5.41) is 0. The maximum Gasteiger partial charge on any atom is 0.242 e. The standard InChI is InChI=1S/C13H23N3O.2ClH/c14-13(5-1-2-6-13)12(17)16-9-8-15-7-3-4-11(15)10-16;;/h11H,1-10,14H2;2*1H. The zero-order valence-electron chi connectivity index (χ0n) is 11.3. The summed E-state index contributed by atoms with van der Waals surface area (Å²) in [6.45, 7) is 4.07. The highest BCUT2D eigenvalue weighted by Crippen LogP contribution is 2.30. The van der Waals surface area contributed by atoms with Crippen molar-refractivity contribution in [3.8, 4) is 0 Å². The first-order valence-electron chi connectivity index (χ1n) is 7.01. The minimum atomic E-state index is -0.527. The van der Waals surface area contributed by atoms with Gasteiger partial charge in [-0.3, -0.25) is 9.69 Å². The van der Waals surface area contributed by atoms with Crippen LogP contribution in [-0.2, 0) is 4.79 Å². The average Bonchev–Trinajstić information content (AvgIpc) is 2.96. The van der Waals surface area contributed by atoms with Crippen LogP contribution in [0.2, 0.25) is 0 Å². The van der Waals surface area contributed by atoms with Crippen molar-refractivity contribution in [2.45, 2.75) is 50.1 Å². The van der Waals surface area contributed by atoms with Crippen LogP contribution in [0.15, 0.2) is 0 Å². The molecule has 3 aliphatic rings. The molecule has 4 nitrogen and oxygen atoms in total. The third-order valence-electron chi connectivity index (χ3n) is 4.80. The molecule has 0 bridgehead atoms. The Morgan fingerprint density at radius 2 is 1.74 bits per heavy atom. The molecule has 3 rings (SSSR count). The minimum absolute atomic E-state index is 0. The van der Waals surface area contributed by atoms with Crippen molar-refractivity contribution in [1.29, 1.82) is 0 Å². The van der Waals surface area contributed by atoms with Crippen LogP contribution in [0.5, 0.6) is 0 Å². The minimum Gasteiger partial charge on any atom is -0.338 e. The van der Waals surface area contributed by atoms with Crippen molar-refractivity contribution < 1.29 is 4.79 Å². The number of fused-ring (bicyclic) bond motifs is 1. The maximum absolute atomic E-state index is 12.5. The van der Waals surface area contributed by atoms with Gasteiger partial charge in [0.2, 0.25) is 5.91 Å². The van der Waals surface area contributed by atoms with Crippen LogP contribution in [0.25, 0.3) is 0 Å². The fourth-order valence-corrected chi connectivity index (χ4v) is 3.71. The van der Waals surface area contributed by atoms with Gasteiger partial charge < -0.3 is 10.6 Å². The summed E-state index contributed by atoms with van der Waals surface area (Å²) < 4.78 is 0. The Hall–Kier alpha value is -0.0300. The Bertz CT molecular complexity index is 321. The number of piperazine rings is 1. The van der Waals surface area contributed by atoms with Crippen molar-refractivity contribution in [1.82, 2.24) is 9.80 Å². The van der Waals surface area contributed by atoms with Crippen LogP contribution in [-0.4, -0.2) is 53.5 Å². The monoisotopic (exact) mass is 309 g/mol. The van der Waals surface area contributed by atoms with E-state index in [1.165, 1.54) is 19.4 Å². The maximum atomic E-state index is 12.5. The van der Waals surface area contributed by atoms with Crippen LogP contribution in [0.4, 0.5) is 0 Å². The SMILES string of the molecule is Cl.Cl.NC1(C(=O)N2CCN3CCCC3C2)CCCC1. The van der Waals surface area contributed by atoms with Crippen LogP contribution in [0, 0.1) is 0 Å². The van der Waals surface area contributed by atoms with Crippen LogP contribution in [0.3, 0.4) is 0 Å². The van der Waals surface area contributed by atoms with Crippen LogP contribution >= 0.6 is 24.8 Å². The van der Waals surface area contributed by atoms with Gasteiger partial charge in [0.25, 0.3) is 0 Å². The van der Waals surface area contributed by atoms with Crippen LogP contribution in [0.1, 0.15) is 38.5 Å². The second-order valence-electron chi connectivity index (χ2n) is 5.95. The highest BCUT2D eigenvalue weighted by Gasteiger charge is 2.42. The van der Waals surface area contributed by atoms with Gasteiger partial charge >= 0.3 is 0 Å². The Morgan fingerprint density at radius 3 is 2.42 bits per heavy atom. The molecule has 1 aliphatic carbocycles. The first kappa shape index (κ1) is 17.0. The number of hydrogen-bond acceptors (Lipinski definition) is 3. The van der Waals surface area contributed by atoms with E-state index in [2.05, 4.69) is 4.90 Å². The quantitative estimate of drug-likeness (QED) is 0.797. The van der Waals surface area contributed by atoms with E-state index >= 15 is 0 Å². The third-order valence-corrected chi connectivity index (χ3v) is 4.80. The van der Waals surface area contributed by atoms with Gasteiger partial charge in [-0.1, -0.05) is 12.8 Å². The number of hydrogen-bond donors (Lipinski definition) is 1. The van der Waals surface area contributed by atoms with E-state index in [1.807, 2.05) is 4.90 Å². The van der Waals surface area contributed by atoms with E-state index in [0.29, 0.717) is 6.04 Å². The molecule has 3 fully saturated rings. The molecular weight excluding hydrogens is 285 g/mol. The molecule has 2 saturated heterocycles. The number of carbonyl (C=O) groups excluding carboxylic acids is 1. The summed E-state index contributed by atoms with van der Waals surface area (Å²) in [4.78, 5) is 17.1. The first-order chi connectivity index (χ1) is 8.19. The number of carbonyl (C=O) groups is 1. The normalized spacial score (nSPS) is 29.3. The van der Waals surface area contributed by atoms with E-state index in [-0.39, 0.29) is 30.7 Å². The number of halogens is 2. The fraction of sp³-hybridized carbons (Fsp3) is 0.923. The van der Waals surface area contributed by atoms with E-state index in [4.69, 9.17) is 5.73 Å². The third kappa shape index (κ3) is 3.18. The van der Waals surface area contributed by atoms with Gasteiger partial charge in [-0.15, -0.1) is 24.8 Å². The second kappa shape index (κ2) is 6.61. The molecule has 0 spiro atoms. The van der Waals surface area contributed by atoms with Gasteiger partial charge in [-0.05, 0) is 32.2 Å². The van der Waals surface area contributed by atoms with E-state index in [9.17, 15) is 4.79 Å². The van der Waals surface area contributed by atoms with Crippen molar-refractivity contribution in [3.05, 3.63) is 0 Å². The van der Waals surface area contributed by atoms with E-state index < -0.39 is 5.54 Å². The summed E-state index contributed by atoms with van der Waals surface area (Å²) in [6.07, 6.45) is 6.55. The highest BCUT2D eigenvalue weighted by atomic mass is 35.5. The molecule has 6 heteroatoms. The highest BCUT2D eigenvalue weighted by molar-refractivity contribution is 5.86. The molecule has 2 heterocycles. The Balaban J connectivity index is 0.000000902. The van der Waals surface area contributed by atoms with Crippen molar-refractivity contribution in [3.63, 3.8) is 0 Å². The predicted octanol–water partition coefficient (Wildman–Crippen LogP) is 1.41. The van der Waals surface area contributed by atoms with Gasteiger partial charge in [0.15, 0.2) is 0 Å². The van der Waals surface area contributed by atoms with Gasteiger partial charge in [-0.25, -0.2) is 0 Å². The molecular formula is C13H25Cl2N3O. The summed E-state index contributed by atoms with van der Waals surface area (Å²) >= 11 is 0. The molecule has 2 aliphatic heterocycles. The van der Waals surface area contributed by atoms with Crippen molar-refractivity contribution in [2.75, 3.05) is 26.2 Å². The number of nitrogens with zero attached hydrogens (tertiary/aromatic N) is 2.